The molecule has 1 N–H and O–H groups in total. The van der Waals surface area contributed by atoms with Crippen LogP contribution in [-0.4, -0.2) is 25.2 Å². The van der Waals surface area contributed by atoms with Gasteiger partial charge >= 0.3 is 11.9 Å². The van der Waals surface area contributed by atoms with Crippen molar-refractivity contribution in [2.75, 3.05) is 13.2 Å². The molecular weight excluding hydrogens is 270 g/mol. The minimum absolute atomic E-state index is 0.0998. The van der Waals surface area contributed by atoms with Crippen LogP contribution in [0.5, 0.6) is 0 Å². The number of esters is 2. The first-order valence-electron chi connectivity index (χ1n) is 7.62. The van der Waals surface area contributed by atoms with Crippen LogP contribution in [0.4, 0.5) is 0 Å². The number of hydrogen-bond donors (Lipinski definition) is 1. The van der Waals surface area contributed by atoms with Gasteiger partial charge in [0.2, 0.25) is 0 Å². The van der Waals surface area contributed by atoms with Crippen molar-refractivity contribution in [3.63, 3.8) is 0 Å². The number of hydrogen-bond acceptors (Lipinski definition) is 5. The normalized spacial score (nSPS) is 17.5. The Kier molecular flexibility index (Phi) is 7.58. The fourth-order valence-electron chi connectivity index (χ4n) is 2.17. The Balaban J connectivity index is 2.72. The summed E-state index contributed by atoms with van der Waals surface area (Å²) in [7, 11) is 0. The van der Waals surface area contributed by atoms with Gasteiger partial charge in [0.25, 0.3) is 0 Å². The second kappa shape index (κ2) is 9.21. The van der Waals surface area contributed by atoms with Gasteiger partial charge in [0, 0.05) is 11.9 Å². The molecule has 0 bridgehead atoms. The molecule has 0 aromatic carbocycles. The summed E-state index contributed by atoms with van der Waals surface area (Å²) in [4.78, 5) is 23.6. The molecule has 5 heteroatoms. The molecule has 0 heterocycles. The molecule has 0 aliphatic heterocycles. The molecule has 21 heavy (non-hydrogen) atoms. The van der Waals surface area contributed by atoms with E-state index in [2.05, 4.69) is 18.3 Å². The van der Waals surface area contributed by atoms with Gasteiger partial charge in [-0.05, 0) is 39.0 Å². The highest BCUT2D eigenvalue weighted by Gasteiger charge is 2.21. The van der Waals surface area contributed by atoms with E-state index in [0.29, 0.717) is 0 Å². The first kappa shape index (κ1) is 17.3. The lowest BCUT2D eigenvalue weighted by Crippen LogP contribution is -2.22. The first-order valence-corrected chi connectivity index (χ1v) is 7.62. The highest BCUT2D eigenvalue weighted by molar-refractivity contribution is 6.13. The van der Waals surface area contributed by atoms with Gasteiger partial charge in [-0.1, -0.05) is 19.4 Å². The van der Waals surface area contributed by atoms with Crippen LogP contribution in [0.25, 0.3) is 0 Å². The monoisotopic (exact) mass is 295 g/mol. The maximum absolute atomic E-state index is 11.8. The predicted octanol–water partition coefficient (Wildman–Crippen LogP) is 2.68. The first-order chi connectivity index (χ1) is 10.1. The Morgan fingerprint density at radius 2 is 1.86 bits per heavy atom. The quantitative estimate of drug-likeness (QED) is 0.338. The van der Waals surface area contributed by atoms with E-state index in [1.165, 1.54) is 12.6 Å². The number of allylic oxidation sites excluding steroid dienone is 2. The Morgan fingerprint density at radius 3 is 2.29 bits per heavy atom. The van der Waals surface area contributed by atoms with E-state index in [1.807, 2.05) is 0 Å². The largest absolute Gasteiger partial charge is 0.462 e. The fourth-order valence-corrected chi connectivity index (χ4v) is 2.17. The van der Waals surface area contributed by atoms with Crippen molar-refractivity contribution in [3.05, 3.63) is 23.5 Å². The average molecular weight is 295 g/mol. The van der Waals surface area contributed by atoms with Crippen LogP contribution in [0.1, 0.15) is 46.5 Å². The van der Waals surface area contributed by atoms with Crippen molar-refractivity contribution in [2.24, 2.45) is 5.92 Å². The molecule has 0 saturated carbocycles. The average Bonchev–Trinajstić information content (AvgIpc) is 2.48. The number of carbonyl (C=O) groups is 2. The van der Waals surface area contributed by atoms with Gasteiger partial charge < -0.3 is 14.8 Å². The smallest absolute Gasteiger partial charge is 0.347 e. The summed E-state index contributed by atoms with van der Waals surface area (Å²) in [6.45, 7) is 6.02. The van der Waals surface area contributed by atoms with Crippen molar-refractivity contribution in [2.45, 2.75) is 46.5 Å². The Labute approximate surface area is 126 Å². The van der Waals surface area contributed by atoms with Gasteiger partial charge in [-0.2, -0.15) is 0 Å². The highest BCUT2D eigenvalue weighted by Crippen LogP contribution is 2.24. The highest BCUT2D eigenvalue weighted by atomic mass is 16.6. The maximum atomic E-state index is 11.8. The van der Waals surface area contributed by atoms with Crippen LogP contribution >= 0.6 is 0 Å². The van der Waals surface area contributed by atoms with Crippen LogP contribution in [0.2, 0.25) is 0 Å². The molecule has 0 fully saturated rings. The van der Waals surface area contributed by atoms with Crippen LogP contribution < -0.4 is 5.32 Å². The third kappa shape index (κ3) is 5.61. The van der Waals surface area contributed by atoms with Crippen LogP contribution in [0.15, 0.2) is 23.5 Å². The summed E-state index contributed by atoms with van der Waals surface area (Å²) in [5.41, 5.74) is 0.933. The van der Waals surface area contributed by atoms with Gasteiger partial charge in [0.05, 0.1) is 13.2 Å². The van der Waals surface area contributed by atoms with Crippen LogP contribution in [-0.2, 0) is 19.1 Å². The Hall–Kier alpha value is -1.78. The van der Waals surface area contributed by atoms with Crippen molar-refractivity contribution < 1.29 is 19.1 Å². The molecule has 1 aliphatic carbocycles. The summed E-state index contributed by atoms with van der Waals surface area (Å²) < 4.78 is 9.76. The van der Waals surface area contributed by atoms with Crippen molar-refractivity contribution in [3.8, 4) is 0 Å². The Bertz CT molecular complexity index is 406. The molecule has 0 amide bonds. The third-order valence-corrected chi connectivity index (χ3v) is 3.49. The Morgan fingerprint density at radius 1 is 1.24 bits per heavy atom. The summed E-state index contributed by atoms with van der Waals surface area (Å²) in [5.74, 6) is -0.591. The molecule has 118 valence electrons. The molecule has 0 aromatic rings. The lowest BCUT2D eigenvalue weighted by Gasteiger charge is -2.20. The molecule has 0 radical (unpaired) electrons. The zero-order chi connectivity index (χ0) is 15.7. The van der Waals surface area contributed by atoms with E-state index in [0.717, 1.165) is 30.9 Å². The van der Waals surface area contributed by atoms with Gasteiger partial charge in [0.15, 0.2) is 5.57 Å². The van der Waals surface area contributed by atoms with Crippen LogP contribution in [0.3, 0.4) is 0 Å². The molecule has 5 nitrogen and oxygen atoms in total. The second-order valence-corrected chi connectivity index (χ2v) is 4.92. The van der Waals surface area contributed by atoms with E-state index < -0.39 is 11.9 Å². The van der Waals surface area contributed by atoms with Crippen molar-refractivity contribution in [1.82, 2.24) is 5.32 Å². The molecular formula is C16H25NO4. The summed E-state index contributed by atoms with van der Waals surface area (Å²) >= 11 is 0. The lowest BCUT2D eigenvalue weighted by molar-refractivity contribution is -0.146. The molecule has 0 spiro atoms. The molecule has 1 atom stereocenters. The molecule has 1 unspecified atom stereocenters. The third-order valence-electron chi connectivity index (χ3n) is 3.49. The number of nitrogens with one attached hydrogen (secondary N) is 1. The van der Waals surface area contributed by atoms with Gasteiger partial charge in [-0.25, -0.2) is 9.59 Å². The van der Waals surface area contributed by atoms with E-state index in [9.17, 15) is 9.59 Å². The minimum atomic E-state index is -0.661. The van der Waals surface area contributed by atoms with Gasteiger partial charge in [-0.3, -0.25) is 0 Å². The second-order valence-electron chi connectivity index (χ2n) is 4.92. The summed E-state index contributed by atoms with van der Waals surface area (Å²) in [6.07, 6.45) is 7.78. The summed E-state index contributed by atoms with van der Waals surface area (Å²) in [5, 5.41) is 3.04. The van der Waals surface area contributed by atoms with E-state index in [-0.39, 0.29) is 18.8 Å². The molecule has 0 saturated heterocycles. The van der Waals surface area contributed by atoms with E-state index in [4.69, 9.17) is 9.47 Å². The number of rotatable bonds is 7. The standard InChI is InChI=1S/C16H25NO4/c1-4-12-7-9-13(10-8-12)17-11-14(15(18)20-5-2)16(19)21-6-3/h9,11-12,17H,4-8,10H2,1-3H3. The van der Waals surface area contributed by atoms with Gasteiger partial charge in [-0.15, -0.1) is 0 Å². The lowest BCUT2D eigenvalue weighted by atomic mass is 9.90. The fraction of sp³-hybridized carbons (Fsp3) is 0.625. The summed E-state index contributed by atoms with van der Waals surface area (Å²) in [6, 6.07) is 0. The van der Waals surface area contributed by atoms with Crippen LogP contribution in [0, 0.1) is 5.92 Å². The number of ether oxygens (including phenoxy) is 2. The zero-order valence-electron chi connectivity index (χ0n) is 13.1. The SMILES string of the molecule is CCOC(=O)C(=CNC1=CCC(CC)CC1)C(=O)OCC. The molecule has 1 aliphatic rings. The predicted molar refractivity (Wildman–Crippen MR) is 80.2 cm³/mol. The van der Waals surface area contributed by atoms with E-state index in [1.54, 1.807) is 13.8 Å². The molecule has 1 rings (SSSR count). The van der Waals surface area contributed by atoms with Crippen molar-refractivity contribution >= 4 is 11.9 Å². The molecule has 0 aromatic heterocycles. The minimum Gasteiger partial charge on any atom is -0.462 e. The maximum Gasteiger partial charge on any atom is 0.347 e. The zero-order valence-corrected chi connectivity index (χ0v) is 13.1. The van der Waals surface area contributed by atoms with Crippen molar-refractivity contribution in [1.29, 1.82) is 0 Å². The topological polar surface area (TPSA) is 64.6 Å². The van der Waals surface area contributed by atoms with E-state index >= 15 is 0 Å². The van der Waals surface area contributed by atoms with Gasteiger partial charge in [0.1, 0.15) is 0 Å². The number of carbonyl (C=O) groups excluding carboxylic acids is 2.